The molecule has 1 aliphatic rings. The van der Waals surface area contributed by atoms with E-state index in [2.05, 4.69) is 26.0 Å². The van der Waals surface area contributed by atoms with Gasteiger partial charge in [0.1, 0.15) is 23.2 Å². The Hall–Kier alpha value is -4.55. The average Bonchev–Trinajstić information content (AvgIpc) is 3.17. The van der Waals surface area contributed by atoms with E-state index >= 15 is 0 Å². The number of benzene rings is 1. The van der Waals surface area contributed by atoms with E-state index in [1.54, 1.807) is 18.2 Å². The van der Waals surface area contributed by atoms with Gasteiger partial charge < -0.3 is 25.8 Å². The van der Waals surface area contributed by atoms with Crippen LogP contribution in [-0.4, -0.2) is 56.0 Å². The van der Waals surface area contributed by atoms with E-state index < -0.39 is 29.6 Å². The van der Waals surface area contributed by atoms with E-state index in [1.165, 1.54) is 6.92 Å². The lowest BCUT2D eigenvalue weighted by atomic mass is 10.1. The quantitative estimate of drug-likeness (QED) is 0.412. The van der Waals surface area contributed by atoms with Gasteiger partial charge in [-0.25, -0.2) is 13.9 Å². The van der Waals surface area contributed by atoms with Crippen molar-refractivity contribution in [1.82, 2.24) is 25.2 Å². The first-order valence-electron chi connectivity index (χ1n) is 9.64. The van der Waals surface area contributed by atoms with Crippen LogP contribution in [0, 0.1) is 5.82 Å². The van der Waals surface area contributed by atoms with Gasteiger partial charge in [0, 0.05) is 12.6 Å². The monoisotopic (exact) mass is 456 g/mol. The van der Waals surface area contributed by atoms with Crippen LogP contribution in [0.25, 0.3) is 5.65 Å². The van der Waals surface area contributed by atoms with E-state index in [9.17, 15) is 23.6 Å². The second kappa shape index (κ2) is 8.53. The number of fused-ring (bicyclic) bond motifs is 2. The van der Waals surface area contributed by atoms with Crippen LogP contribution in [0.1, 0.15) is 33.5 Å². The second-order valence-electron chi connectivity index (χ2n) is 7.14. The SMILES string of the molecule is C[C@@H](NC(=O)c1cc(C(=O)NCc2ccc3c(c2)NC(=O)CO3)nc2c(F)cnn12)C(=O)O. The number of nitrogens with zero attached hydrogens (tertiary/aromatic N) is 3. The Morgan fingerprint density at radius 1 is 1.30 bits per heavy atom. The van der Waals surface area contributed by atoms with Gasteiger partial charge in [0.15, 0.2) is 18.1 Å². The molecule has 1 aromatic carbocycles. The fraction of sp³-hybridized carbons (Fsp3) is 0.200. The van der Waals surface area contributed by atoms with Crippen LogP contribution >= 0.6 is 0 Å². The minimum absolute atomic E-state index is 0.0359. The first-order chi connectivity index (χ1) is 15.7. The summed E-state index contributed by atoms with van der Waals surface area (Å²) < 4.78 is 20.3. The summed E-state index contributed by atoms with van der Waals surface area (Å²) in [6.07, 6.45) is 0.824. The molecule has 3 heterocycles. The van der Waals surface area contributed by atoms with Gasteiger partial charge in [0.25, 0.3) is 17.7 Å². The molecule has 3 aromatic rings. The lowest BCUT2D eigenvalue weighted by molar-refractivity contribution is -0.138. The number of aromatic nitrogens is 3. The highest BCUT2D eigenvalue weighted by Crippen LogP contribution is 2.28. The smallest absolute Gasteiger partial charge is 0.325 e. The minimum Gasteiger partial charge on any atom is -0.482 e. The van der Waals surface area contributed by atoms with Gasteiger partial charge in [-0.1, -0.05) is 6.07 Å². The number of carbonyl (C=O) groups is 4. The predicted octanol–water partition coefficient (Wildman–Crippen LogP) is 0.332. The molecular weight excluding hydrogens is 439 g/mol. The van der Waals surface area contributed by atoms with E-state index in [1.807, 2.05) is 0 Å². The number of aliphatic carboxylic acids is 1. The molecule has 2 aromatic heterocycles. The lowest BCUT2D eigenvalue weighted by Crippen LogP contribution is -2.39. The molecule has 1 aliphatic heterocycles. The Bertz CT molecular complexity index is 1310. The number of carboxylic acid groups (broad SMARTS) is 1. The Balaban J connectivity index is 1.56. The molecule has 3 amide bonds. The van der Waals surface area contributed by atoms with Crippen molar-refractivity contribution in [1.29, 1.82) is 0 Å². The van der Waals surface area contributed by atoms with Crippen LogP contribution in [0.3, 0.4) is 0 Å². The van der Waals surface area contributed by atoms with Crippen molar-refractivity contribution >= 4 is 35.0 Å². The zero-order chi connectivity index (χ0) is 23.7. The predicted molar refractivity (Wildman–Crippen MR) is 109 cm³/mol. The number of anilines is 1. The molecule has 13 heteroatoms. The highest BCUT2D eigenvalue weighted by atomic mass is 19.1. The van der Waals surface area contributed by atoms with Crippen LogP contribution in [0.5, 0.6) is 5.75 Å². The number of amides is 3. The molecule has 0 aliphatic carbocycles. The van der Waals surface area contributed by atoms with Gasteiger partial charge in [-0.15, -0.1) is 0 Å². The fourth-order valence-corrected chi connectivity index (χ4v) is 3.06. The molecule has 0 bridgehead atoms. The lowest BCUT2D eigenvalue weighted by Gasteiger charge is -2.18. The summed E-state index contributed by atoms with van der Waals surface area (Å²) in [5.41, 5.74) is 0.188. The molecule has 33 heavy (non-hydrogen) atoms. The molecule has 4 rings (SSSR count). The number of nitrogens with one attached hydrogen (secondary N) is 3. The number of carbonyl (C=O) groups excluding carboxylic acids is 3. The summed E-state index contributed by atoms with van der Waals surface area (Å²) in [5.74, 6) is -3.53. The molecule has 0 saturated heterocycles. The van der Waals surface area contributed by atoms with Gasteiger partial charge in [0.05, 0.1) is 11.9 Å². The summed E-state index contributed by atoms with van der Waals surface area (Å²) in [6.45, 7) is 1.21. The number of halogens is 1. The molecule has 1 atom stereocenters. The fourth-order valence-electron chi connectivity index (χ4n) is 3.06. The summed E-state index contributed by atoms with van der Waals surface area (Å²) in [4.78, 5) is 51.7. The molecular formula is C20H17FN6O6. The van der Waals surface area contributed by atoms with E-state index in [0.717, 1.165) is 16.8 Å². The zero-order valence-corrected chi connectivity index (χ0v) is 17.1. The maximum Gasteiger partial charge on any atom is 0.325 e. The normalized spacial score (nSPS) is 13.5. The number of hydrogen-bond donors (Lipinski definition) is 4. The van der Waals surface area contributed by atoms with Crippen LogP contribution < -0.4 is 20.7 Å². The van der Waals surface area contributed by atoms with Gasteiger partial charge in [-0.2, -0.15) is 5.10 Å². The van der Waals surface area contributed by atoms with Crippen LogP contribution in [0.15, 0.2) is 30.5 Å². The van der Waals surface area contributed by atoms with E-state index in [0.29, 0.717) is 17.0 Å². The summed E-state index contributed by atoms with van der Waals surface area (Å²) in [7, 11) is 0. The second-order valence-corrected chi connectivity index (χ2v) is 7.14. The Morgan fingerprint density at radius 2 is 2.09 bits per heavy atom. The van der Waals surface area contributed by atoms with Gasteiger partial charge in [-0.05, 0) is 24.6 Å². The molecule has 0 spiro atoms. The van der Waals surface area contributed by atoms with Crippen molar-refractivity contribution in [2.24, 2.45) is 0 Å². The standard InChI is InChI=1S/C20H17FN6O6/c1-9(20(31)32)24-19(30)14-5-13(26-17-11(21)7-23-27(14)17)18(29)22-6-10-2-3-15-12(4-10)25-16(28)8-33-15/h2-5,7,9H,6,8H2,1H3,(H,22,29)(H,24,30)(H,25,28)(H,31,32)/t9-/m1/s1. The van der Waals surface area contributed by atoms with Crippen molar-refractivity contribution in [3.63, 3.8) is 0 Å². The van der Waals surface area contributed by atoms with Gasteiger partial charge in [-0.3, -0.25) is 19.2 Å². The maximum absolute atomic E-state index is 14.1. The summed E-state index contributed by atoms with van der Waals surface area (Å²) in [5, 5.41) is 20.2. The molecule has 4 N–H and O–H groups in total. The molecule has 0 saturated carbocycles. The first-order valence-corrected chi connectivity index (χ1v) is 9.64. The average molecular weight is 456 g/mol. The molecule has 0 unspecified atom stereocenters. The number of ether oxygens (including phenoxy) is 1. The van der Waals surface area contributed by atoms with Crippen molar-refractivity contribution in [2.45, 2.75) is 19.5 Å². The van der Waals surface area contributed by atoms with Crippen LogP contribution in [-0.2, 0) is 16.1 Å². The summed E-state index contributed by atoms with van der Waals surface area (Å²) >= 11 is 0. The molecule has 0 radical (unpaired) electrons. The first kappa shape index (κ1) is 21.7. The van der Waals surface area contributed by atoms with E-state index in [-0.39, 0.29) is 36.1 Å². The van der Waals surface area contributed by atoms with Gasteiger partial charge >= 0.3 is 5.97 Å². The third-order valence-corrected chi connectivity index (χ3v) is 4.74. The highest BCUT2D eigenvalue weighted by molar-refractivity contribution is 5.99. The van der Waals surface area contributed by atoms with Crippen LogP contribution in [0.2, 0.25) is 0 Å². The highest BCUT2D eigenvalue weighted by Gasteiger charge is 2.23. The van der Waals surface area contributed by atoms with Crippen molar-refractivity contribution in [3.8, 4) is 5.75 Å². The Labute approximate surface area is 184 Å². The van der Waals surface area contributed by atoms with Gasteiger partial charge in [0.2, 0.25) is 0 Å². The van der Waals surface area contributed by atoms with E-state index in [4.69, 9.17) is 9.84 Å². The Morgan fingerprint density at radius 3 is 2.85 bits per heavy atom. The van der Waals surface area contributed by atoms with Crippen molar-refractivity contribution in [3.05, 3.63) is 53.2 Å². The van der Waals surface area contributed by atoms with Crippen LogP contribution in [0.4, 0.5) is 10.1 Å². The molecule has 12 nitrogen and oxygen atoms in total. The topological polar surface area (TPSA) is 164 Å². The third-order valence-electron chi connectivity index (χ3n) is 4.74. The largest absolute Gasteiger partial charge is 0.482 e. The molecule has 0 fully saturated rings. The minimum atomic E-state index is -1.27. The Kier molecular flexibility index (Phi) is 5.60. The third kappa shape index (κ3) is 4.42. The van der Waals surface area contributed by atoms with Crippen molar-refractivity contribution < 1.29 is 33.4 Å². The zero-order valence-electron chi connectivity index (χ0n) is 17.1. The number of hydrogen-bond acceptors (Lipinski definition) is 7. The summed E-state index contributed by atoms with van der Waals surface area (Å²) in [6, 6.07) is 4.82. The number of carboxylic acids is 1. The number of rotatable bonds is 6. The maximum atomic E-state index is 14.1. The molecule has 170 valence electrons. The van der Waals surface area contributed by atoms with Crippen molar-refractivity contribution in [2.75, 3.05) is 11.9 Å².